The Bertz CT molecular complexity index is 965. The lowest BCUT2D eigenvalue weighted by atomic mass is 9.75. The van der Waals surface area contributed by atoms with Gasteiger partial charge in [-0.2, -0.15) is 0 Å². The average molecular weight is 402 g/mol. The van der Waals surface area contributed by atoms with Gasteiger partial charge in [-0.25, -0.2) is 0 Å². The number of benzene rings is 2. The number of aromatic hydroxyl groups is 1. The van der Waals surface area contributed by atoms with Crippen molar-refractivity contribution >= 4 is 0 Å². The van der Waals surface area contributed by atoms with E-state index in [1.807, 2.05) is 19.9 Å². The van der Waals surface area contributed by atoms with E-state index in [9.17, 15) is 10.2 Å². The van der Waals surface area contributed by atoms with E-state index in [1.54, 1.807) is 13.2 Å². The van der Waals surface area contributed by atoms with Crippen LogP contribution in [0.3, 0.4) is 0 Å². The fraction of sp³-hybridized carbons (Fsp3) is 0.455. The summed E-state index contributed by atoms with van der Waals surface area (Å²) in [7, 11) is 4.58. The number of hydrogen-bond donors (Lipinski definition) is 2. The van der Waals surface area contributed by atoms with E-state index in [0.717, 1.165) is 16.7 Å². The quantitative estimate of drug-likeness (QED) is 0.815. The minimum absolute atomic E-state index is 0.0478. The second kappa shape index (κ2) is 6.91. The van der Waals surface area contributed by atoms with Gasteiger partial charge >= 0.3 is 0 Å². The molecule has 4 rings (SSSR count). The van der Waals surface area contributed by atoms with Gasteiger partial charge in [-0.1, -0.05) is 6.92 Å². The van der Waals surface area contributed by atoms with E-state index in [-0.39, 0.29) is 24.2 Å². The zero-order valence-electron chi connectivity index (χ0n) is 17.3. The first kappa shape index (κ1) is 19.5. The highest BCUT2D eigenvalue weighted by Crippen LogP contribution is 2.56. The molecule has 7 heteroatoms. The van der Waals surface area contributed by atoms with Crippen LogP contribution in [-0.4, -0.2) is 43.9 Å². The van der Waals surface area contributed by atoms with Crippen LogP contribution in [0.25, 0.3) is 11.1 Å². The molecule has 2 aromatic carbocycles. The van der Waals surface area contributed by atoms with Gasteiger partial charge < -0.3 is 33.9 Å². The number of methoxy groups -OCH3 is 3. The van der Waals surface area contributed by atoms with Crippen molar-refractivity contribution in [1.82, 2.24) is 0 Å². The molecule has 0 aromatic heterocycles. The van der Waals surface area contributed by atoms with Crippen LogP contribution < -0.4 is 23.7 Å². The summed E-state index contributed by atoms with van der Waals surface area (Å²) in [4.78, 5) is 0. The molecular formula is C22H26O7. The van der Waals surface area contributed by atoms with Crippen LogP contribution in [0, 0.1) is 5.92 Å². The Morgan fingerprint density at radius 2 is 1.62 bits per heavy atom. The smallest absolute Gasteiger partial charge is 0.231 e. The first-order chi connectivity index (χ1) is 13.8. The molecule has 1 aliphatic carbocycles. The zero-order valence-corrected chi connectivity index (χ0v) is 17.3. The monoisotopic (exact) mass is 402 g/mol. The van der Waals surface area contributed by atoms with E-state index < -0.39 is 5.60 Å². The zero-order chi connectivity index (χ0) is 20.9. The van der Waals surface area contributed by atoms with E-state index in [2.05, 4.69) is 0 Å². The molecular weight excluding hydrogens is 376 g/mol. The maximum atomic E-state index is 11.2. The maximum Gasteiger partial charge on any atom is 0.231 e. The Labute approximate surface area is 169 Å². The number of ether oxygens (including phenoxy) is 5. The van der Waals surface area contributed by atoms with Crippen molar-refractivity contribution in [3.63, 3.8) is 0 Å². The Hall–Kier alpha value is -2.80. The summed E-state index contributed by atoms with van der Waals surface area (Å²) in [5, 5.41) is 21.7. The number of phenolic OH excluding ortho intramolecular Hbond substituents is 1. The van der Waals surface area contributed by atoms with Gasteiger partial charge in [-0.15, -0.1) is 0 Å². The Morgan fingerprint density at radius 3 is 2.28 bits per heavy atom. The highest BCUT2D eigenvalue weighted by Gasteiger charge is 2.38. The third kappa shape index (κ3) is 2.92. The second-order valence-corrected chi connectivity index (χ2v) is 7.81. The van der Waals surface area contributed by atoms with Gasteiger partial charge in [-0.05, 0) is 42.5 Å². The molecule has 2 aliphatic rings. The van der Waals surface area contributed by atoms with Gasteiger partial charge in [0.15, 0.2) is 23.0 Å². The second-order valence-electron chi connectivity index (χ2n) is 7.81. The summed E-state index contributed by atoms with van der Waals surface area (Å²) in [5.74, 6) is 2.18. The first-order valence-electron chi connectivity index (χ1n) is 9.51. The van der Waals surface area contributed by atoms with Crippen LogP contribution >= 0.6 is 0 Å². The maximum absolute atomic E-state index is 11.2. The summed E-state index contributed by atoms with van der Waals surface area (Å²) in [5.41, 5.74) is 2.17. The molecule has 0 fully saturated rings. The predicted octanol–water partition coefficient (Wildman–Crippen LogP) is 3.30. The molecule has 156 valence electrons. The molecule has 29 heavy (non-hydrogen) atoms. The molecule has 0 saturated carbocycles. The predicted molar refractivity (Wildman–Crippen MR) is 107 cm³/mol. The van der Waals surface area contributed by atoms with Crippen LogP contribution in [0.2, 0.25) is 0 Å². The van der Waals surface area contributed by atoms with Gasteiger partial charge in [0.25, 0.3) is 0 Å². The molecule has 0 amide bonds. The summed E-state index contributed by atoms with van der Waals surface area (Å²) < 4.78 is 28.2. The molecule has 1 aliphatic heterocycles. The molecule has 1 unspecified atom stereocenters. The standard InChI is InChI=1S/C22H26O7/c1-11-6-12-8-15-19(29-10-28-15)21(27-5)16(12)17-13(9-22(11,2)24)7-14(23)18(25-3)20(17)26-4/h7-8,11,23-24H,6,9-10H2,1-5H3/t11?,22-/m0/s1. The number of aliphatic hydroxyl groups is 1. The topological polar surface area (TPSA) is 86.6 Å². The number of hydrogen-bond acceptors (Lipinski definition) is 7. The van der Waals surface area contributed by atoms with Crippen molar-refractivity contribution in [1.29, 1.82) is 0 Å². The van der Waals surface area contributed by atoms with Crippen LogP contribution in [0.4, 0.5) is 0 Å². The molecule has 0 radical (unpaired) electrons. The summed E-state index contributed by atoms with van der Waals surface area (Å²) in [6.07, 6.45) is 0.926. The molecule has 0 spiro atoms. The Morgan fingerprint density at radius 1 is 0.966 bits per heavy atom. The lowest BCUT2D eigenvalue weighted by Crippen LogP contribution is -2.37. The minimum Gasteiger partial charge on any atom is -0.504 e. The van der Waals surface area contributed by atoms with Gasteiger partial charge in [0, 0.05) is 17.5 Å². The lowest BCUT2D eigenvalue weighted by molar-refractivity contribution is 0.00630. The highest BCUT2D eigenvalue weighted by molar-refractivity contribution is 5.88. The first-order valence-corrected chi connectivity index (χ1v) is 9.51. The van der Waals surface area contributed by atoms with Gasteiger partial charge in [0.2, 0.25) is 18.3 Å². The van der Waals surface area contributed by atoms with E-state index in [1.165, 1.54) is 14.2 Å². The van der Waals surface area contributed by atoms with E-state index in [0.29, 0.717) is 41.4 Å². The third-order valence-corrected chi connectivity index (χ3v) is 6.00. The minimum atomic E-state index is -0.998. The number of fused-ring (bicyclic) bond motifs is 4. The summed E-state index contributed by atoms with van der Waals surface area (Å²) in [6.45, 7) is 3.93. The Kier molecular flexibility index (Phi) is 4.65. The average Bonchev–Trinajstić information content (AvgIpc) is 3.14. The van der Waals surface area contributed by atoms with Crippen molar-refractivity contribution < 1.29 is 33.9 Å². The number of rotatable bonds is 3. The largest absolute Gasteiger partial charge is 0.504 e. The number of phenols is 1. The van der Waals surface area contributed by atoms with Crippen LogP contribution in [0.15, 0.2) is 12.1 Å². The van der Waals surface area contributed by atoms with Crippen molar-refractivity contribution in [2.24, 2.45) is 5.92 Å². The summed E-state index contributed by atoms with van der Waals surface area (Å²) >= 11 is 0. The van der Waals surface area contributed by atoms with Crippen LogP contribution in [-0.2, 0) is 12.8 Å². The van der Waals surface area contributed by atoms with Crippen molar-refractivity contribution in [2.75, 3.05) is 28.1 Å². The van der Waals surface area contributed by atoms with E-state index in [4.69, 9.17) is 23.7 Å². The van der Waals surface area contributed by atoms with Crippen molar-refractivity contribution in [3.05, 3.63) is 23.3 Å². The molecule has 1 heterocycles. The van der Waals surface area contributed by atoms with Gasteiger partial charge in [-0.3, -0.25) is 0 Å². The molecule has 2 atom stereocenters. The fourth-order valence-corrected chi connectivity index (χ4v) is 4.29. The normalized spacial score (nSPS) is 22.2. The lowest BCUT2D eigenvalue weighted by Gasteiger charge is -2.35. The SMILES string of the molecule is COc1c(O)cc2c(c1OC)-c1c(cc3c(c1OC)OCO3)CC(C)[C@@](C)(O)C2. The van der Waals surface area contributed by atoms with Crippen LogP contribution in [0.5, 0.6) is 34.5 Å². The third-order valence-electron chi connectivity index (χ3n) is 6.00. The molecule has 0 bridgehead atoms. The van der Waals surface area contributed by atoms with Crippen LogP contribution in [0.1, 0.15) is 25.0 Å². The van der Waals surface area contributed by atoms with Crippen molar-refractivity contribution in [2.45, 2.75) is 32.3 Å². The Balaban J connectivity index is 2.14. The van der Waals surface area contributed by atoms with Crippen molar-refractivity contribution in [3.8, 4) is 45.6 Å². The molecule has 0 saturated heterocycles. The summed E-state index contributed by atoms with van der Waals surface area (Å²) in [6, 6.07) is 3.55. The molecule has 2 N–H and O–H groups in total. The van der Waals surface area contributed by atoms with E-state index >= 15 is 0 Å². The molecule has 2 aromatic rings. The van der Waals surface area contributed by atoms with Gasteiger partial charge in [0.1, 0.15) is 0 Å². The molecule has 7 nitrogen and oxygen atoms in total. The van der Waals surface area contributed by atoms with Gasteiger partial charge in [0.05, 0.1) is 26.9 Å². The highest BCUT2D eigenvalue weighted by atomic mass is 16.7. The fourth-order valence-electron chi connectivity index (χ4n) is 4.29.